The van der Waals surface area contributed by atoms with Crippen molar-refractivity contribution >= 4 is 0 Å². The summed E-state index contributed by atoms with van der Waals surface area (Å²) in [6, 6.07) is 9.49. The largest absolute Gasteiger partial charge is 0.466 e. The van der Waals surface area contributed by atoms with Crippen molar-refractivity contribution in [3.8, 4) is 0 Å². The van der Waals surface area contributed by atoms with Crippen LogP contribution in [0.25, 0.3) is 0 Å². The van der Waals surface area contributed by atoms with E-state index in [1.807, 2.05) is 24.3 Å². The molecule has 0 bridgehead atoms. The molecule has 150 valence electrons. The predicted octanol–water partition coefficient (Wildman–Crippen LogP) is 3.26. The highest BCUT2D eigenvalue weighted by Crippen LogP contribution is 2.40. The van der Waals surface area contributed by atoms with Crippen molar-refractivity contribution in [3.63, 3.8) is 0 Å². The Morgan fingerprint density at radius 3 is 2.07 bits per heavy atom. The van der Waals surface area contributed by atoms with Crippen LogP contribution in [0.2, 0.25) is 0 Å². The van der Waals surface area contributed by atoms with Crippen LogP contribution >= 0.6 is 0 Å². The van der Waals surface area contributed by atoms with E-state index in [-0.39, 0.29) is 13.2 Å². The Labute approximate surface area is 163 Å². The number of aliphatic hydroxyl groups is 3. The van der Waals surface area contributed by atoms with Gasteiger partial charge in [-0.1, -0.05) is 0 Å². The summed E-state index contributed by atoms with van der Waals surface area (Å²) in [7, 11) is 0. The highest BCUT2D eigenvalue weighted by molar-refractivity contribution is 5.35. The quantitative estimate of drug-likeness (QED) is 0.495. The summed E-state index contributed by atoms with van der Waals surface area (Å²) < 4.78 is 17.0. The molecule has 2 unspecified atom stereocenters. The maximum atomic E-state index is 10.2. The zero-order chi connectivity index (χ0) is 19.5. The summed E-state index contributed by atoms with van der Waals surface area (Å²) >= 11 is 0. The Bertz CT molecular complexity index is 902. The first-order valence-electron chi connectivity index (χ1n) is 9.81. The Hall–Kier alpha value is -2.28. The molecule has 28 heavy (non-hydrogen) atoms. The van der Waals surface area contributed by atoms with Crippen molar-refractivity contribution < 1.29 is 28.6 Å². The molecule has 3 N–H and O–H groups in total. The Kier molecular flexibility index (Phi) is 5.71. The zero-order valence-electron chi connectivity index (χ0n) is 15.8. The monoisotopic (exact) mass is 386 g/mol. The first-order valence-corrected chi connectivity index (χ1v) is 9.81. The maximum Gasteiger partial charge on any atom is 0.129 e. The fourth-order valence-electron chi connectivity index (χ4n) is 3.79. The van der Waals surface area contributed by atoms with Gasteiger partial charge in [0.2, 0.25) is 0 Å². The molecule has 1 aliphatic carbocycles. The van der Waals surface area contributed by atoms with Gasteiger partial charge < -0.3 is 28.6 Å². The van der Waals surface area contributed by atoms with Crippen molar-refractivity contribution in [2.45, 2.75) is 63.8 Å². The lowest BCUT2D eigenvalue weighted by Gasteiger charge is -2.23. The minimum Gasteiger partial charge on any atom is -0.466 e. The van der Waals surface area contributed by atoms with E-state index in [1.54, 1.807) is 6.07 Å². The van der Waals surface area contributed by atoms with Crippen LogP contribution in [0.1, 0.15) is 58.9 Å². The van der Waals surface area contributed by atoms with E-state index in [1.165, 1.54) is 5.56 Å². The van der Waals surface area contributed by atoms with Crippen molar-refractivity contribution in [1.82, 2.24) is 0 Å². The predicted molar refractivity (Wildman–Crippen MR) is 101 cm³/mol. The van der Waals surface area contributed by atoms with Crippen LogP contribution in [-0.4, -0.2) is 21.4 Å². The van der Waals surface area contributed by atoms with Gasteiger partial charge in [0.05, 0.1) is 6.10 Å². The van der Waals surface area contributed by atoms with E-state index >= 15 is 0 Å². The molecular formula is C22H26O6. The lowest BCUT2D eigenvalue weighted by Crippen LogP contribution is -2.16. The third kappa shape index (κ3) is 4.24. The van der Waals surface area contributed by atoms with Crippen LogP contribution < -0.4 is 0 Å². The van der Waals surface area contributed by atoms with E-state index in [9.17, 15) is 5.11 Å². The van der Waals surface area contributed by atoms with E-state index in [4.69, 9.17) is 23.5 Å². The fraction of sp³-hybridized carbons (Fsp3) is 0.455. The van der Waals surface area contributed by atoms with Crippen LogP contribution in [0.3, 0.4) is 0 Å². The van der Waals surface area contributed by atoms with Crippen LogP contribution in [0.15, 0.2) is 43.6 Å². The summed E-state index contributed by atoms with van der Waals surface area (Å²) in [5.41, 5.74) is 1.19. The van der Waals surface area contributed by atoms with Crippen molar-refractivity contribution in [2.24, 2.45) is 0 Å². The number of aryl methyl sites for hydroxylation is 2. The van der Waals surface area contributed by atoms with Gasteiger partial charge in [0, 0.05) is 25.2 Å². The van der Waals surface area contributed by atoms with Gasteiger partial charge in [-0.3, -0.25) is 0 Å². The number of fused-ring (bicyclic) bond motifs is 1. The second kappa shape index (κ2) is 8.39. The van der Waals surface area contributed by atoms with E-state index < -0.39 is 6.10 Å². The molecule has 0 spiro atoms. The molecule has 0 fully saturated rings. The molecule has 3 heterocycles. The van der Waals surface area contributed by atoms with Crippen LogP contribution in [0.4, 0.5) is 0 Å². The first kappa shape index (κ1) is 19.1. The summed E-state index contributed by atoms with van der Waals surface area (Å²) in [5, 5.41) is 28.4. The molecule has 0 saturated carbocycles. The average Bonchev–Trinajstić information content (AvgIpc) is 3.41. The molecule has 0 amide bonds. The molecule has 6 heteroatoms. The zero-order valence-corrected chi connectivity index (χ0v) is 15.8. The van der Waals surface area contributed by atoms with Crippen molar-refractivity contribution in [2.75, 3.05) is 0 Å². The Morgan fingerprint density at radius 1 is 0.821 bits per heavy atom. The minimum atomic E-state index is -0.426. The SMILES string of the molecule is OCc1ccc(CCC(O)CCc2ccc(CC3Cc4cc(CO)oc43)o2)o1. The summed E-state index contributed by atoms with van der Waals surface area (Å²) in [5.74, 6) is 5.05. The molecule has 4 rings (SSSR count). The number of furan rings is 3. The molecule has 0 radical (unpaired) electrons. The summed E-state index contributed by atoms with van der Waals surface area (Å²) in [4.78, 5) is 0. The molecular weight excluding hydrogens is 360 g/mol. The van der Waals surface area contributed by atoms with Crippen LogP contribution in [0, 0.1) is 0 Å². The number of hydrogen-bond donors (Lipinski definition) is 3. The third-order valence-electron chi connectivity index (χ3n) is 5.37. The molecule has 6 nitrogen and oxygen atoms in total. The van der Waals surface area contributed by atoms with Gasteiger partial charge in [-0.25, -0.2) is 0 Å². The normalized spacial score (nSPS) is 16.8. The van der Waals surface area contributed by atoms with E-state index in [0.717, 1.165) is 35.9 Å². The summed E-state index contributed by atoms with van der Waals surface area (Å²) in [6.07, 6.45) is 3.90. The maximum absolute atomic E-state index is 10.2. The van der Waals surface area contributed by atoms with E-state index in [0.29, 0.717) is 43.1 Å². The number of aliphatic hydroxyl groups excluding tert-OH is 3. The van der Waals surface area contributed by atoms with Gasteiger partial charge in [-0.15, -0.1) is 0 Å². The highest BCUT2D eigenvalue weighted by atomic mass is 16.4. The Balaban J connectivity index is 1.21. The first-order chi connectivity index (χ1) is 13.6. The van der Waals surface area contributed by atoms with Gasteiger partial charge >= 0.3 is 0 Å². The van der Waals surface area contributed by atoms with Crippen molar-refractivity contribution in [1.29, 1.82) is 0 Å². The lowest BCUT2D eigenvalue weighted by atomic mass is 9.81. The summed E-state index contributed by atoms with van der Waals surface area (Å²) in [6.45, 7) is -0.163. The average molecular weight is 386 g/mol. The smallest absolute Gasteiger partial charge is 0.129 e. The fourth-order valence-corrected chi connectivity index (χ4v) is 3.79. The second-order valence-corrected chi connectivity index (χ2v) is 7.49. The van der Waals surface area contributed by atoms with Crippen molar-refractivity contribution in [3.05, 3.63) is 70.5 Å². The van der Waals surface area contributed by atoms with Gasteiger partial charge in [0.25, 0.3) is 0 Å². The third-order valence-corrected chi connectivity index (χ3v) is 5.37. The van der Waals surface area contributed by atoms with Crippen LogP contribution in [-0.2, 0) is 38.9 Å². The molecule has 1 aliphatic rings. The number of hydrogen-bond acceptors (Lipinski definition) is 6. The van der Waals surface area contributed by atoms with Crippen LogP contribution in [0.5, 0.6) is 0 Å². The molecule has 0 aliphatic heterocycles. The molecule has 2 atom stereocenters. The standard InChI is InChI=1S/C22H26O6/c23-12-20-8-6-18(27-20)4-2-16(25)1-3-17-5-7-19(26-17)10-14-9-15-11-21(13-24)28-22(14)15/h5-8,11,14,16,23-25H,1-4,9-10,12-13H2. The molecule has 0 aromatic carbocycles. The lowest BCUT2D eigenvalue weighted by molar-refractivity contribution is 0.150. The van der Waals surface area contributed by atoms with Gasteiger partial charge in [-0.2, -0.15) is 0 Å². The molecule has 3 aromatic rings. The van der Waals surface area contributed by atoms with Gasteiger partial charge in [0.1, 0.15) is 47.8 Å². The Morgan fingerprint density at radius 2 is 1.43 bits per heavy atom. The van der Waals surface area contributed by atoms with Gasteiger partial charge in [0.15, 0.2) is 0 Å². The highest BCUT2D eigenvalue weighted by Gasteiger charge is 2.32. The topological polar surface area (TPSA) is 100 Å². The molecule has 0 saturated heterocycles. The molecule has 3 aromatic heterocycles. The van der Waals surface area contributed by atoms with Gasteiger partial charge in [-0.05, 0) is 55.2 Å². The van der Waals surface area contributed by atoms with E-state index in [2.05, 4.69) is 0 Å². The second-order valence-electron chi connectivity index (χ2n) is 7.49. The number of rotatable bonds is 10. The minimum absolute atomic E-state index is 0.0601.